The summed E-state index contributed by atoms with van der Waals surface area (Å²) in [5.41, 5.74) is 7.34. The molecule has 16 heavy (non-hydrogen) atoms. The number of pyridine rings is 1. The first kappa shape index (κ1) is 10.9. The fourth-order valence-corrected chi connectivity index (χ4v) is 2.06. The van der Waals surface area contributed by atoms with Crippen molar-refractivity contribution < 1.29 is 5.11 Å². The SMILES string of the molecule is Nc1cc(NCC(O)c2ccsc2)ccn1. The Morgan fingerprint density at radius 1 is 1.50 bits per heavy atom. The van der Waals surface area contributed by atoms with Gasteiger partial charge in [-0.05, 0) is 28.5 Å². The van der Waals surface area contributed by atoms with Gasteiger partial charge in [0.2, 0.25) is 0 Å². The first-order valence-electron chi connectivity index (χ1n) is 4.91. The van der Waals surface area contributed by atoms with Crippen LogP contribution in [0, 0.1) is 0 Å². The second-order valence-electron chi connectivity index (χ2n) is 3.42. The van der Waals surface area contributed by atoms with Gasteiger partial charge in [0.25, 0.3) is 0 Å². The summed E-state index contributed by atoms with van der Waals surface area (Å²) in [5, 5.41) is 16.8. The number of rotatable bonds is 4. The molecule has 2 rings (SSSR count). The van der Waals surface area contributed by atoms with Crippen LogP contribution in [0.25, 0.3) is 0 Å². The first-order chi connectivity index (χ1) is 7.75. The van der Waals surface area contributed by atoms with E-state index in [1.807, 2.05) is 22.9 Å². The lowest BCUT2D eigenvalue weighted by molar-refractivity contribution is 0.192. The standard InChI is InChI=1S/C11H13N3OS/c12-11-5-9(1-3-13-11)14-6-10(15)8-2-4-16-7-8/h1-5,7,10,15H,6H2,(H3,12,13,14). The summed E-state index contributed by atoms with van der Waals surface area (Å²) in [6, 6.07) is 5.47. The van der Waals surface area contributed by atoms with E-state index in [1.54, 1.807) is 23.6 Å². The molecule has 0 amide bonds. The molecule has 1 atom stereocenters. The lowest BCUT2D eigenvalue weighted by Gasteiger charge is -2.11. The minimum Gasteiger partial charge on any atom is -0.387 e. The Balaban J connectivity index is 1.92. The van der Waals surface area contributed by atoms with Crippen LogP contribution in [-0.4, -0.2) is 16.6 Å². The van der Waals surface area contributed by atoms with Crippen molar-refractivity contribution in [1.82, 2.24) is 4.98 Å². The number of aliphatic hydroxyl groups is 1. The van der Waals surface area contributed by atoms with E-state index in [4.69, 9.17) is 5.73 Å². The zero-order chi connectivity index (χ0) is 11.4. The molecule has 0 saturated carbocycles. The van der Waals surface area contributed by atoms with E-state index in [0.29, 0.717) is 12.4 Å². The molecule has 2 aromatic heterocycles. The third-order valence-electron chi connectivity index (χ3n) is 2.21. The predicted octanol–water partition coefficient (Wildman–Crippen LogP) is 1.87. The van der Waals surface area contributed by atoms with Gasteiger partial charge < -0.3 is 16.2 Å². The molecule has 0 fully saturated rings. The topological polar surface area (TPSA) is 71.2 Å². The molecule has 0 bridgehead atoms. The minimum absolute atomic E-state index is 0.459. The van der Waals surface area contributed by atoms with E-state index < -0.39 is 6.10 Å². The molecule has 0 aliphatic rings. The van der Waals surface area contributed by atoms with Gasteiger partial charge in [0, 0.05) is 24.5 Å². The van der Waals surface area contributed by atoms with E-state index in [0.717, 1.165) is 11.3 Å². The summed E-state index contributed by atoms with van der Waals surface area (Å²) in [6.07, 6.45) is 1.13. The number of hydrogen-bond donors (Lipinski definition) is 3. The largest absolute Gasteiger partial charge is 0.387 e. The number of aromatic nitrogens is 1. The molecular formula is C11H13N3OS. The quantitative estimate of drug-likeness (QED) is 0.756. The van der Waals surface area contributed by atoms with Crippen molar-refractivity contribution in [3.8, 4) is 0 Å². The van der Waals surface area contributed by atoms with Crippen LogP contribution in [0.3, 0.4) is 0 Å². The van der Waals surface area contributed by atoms with Crippen molar-refractivity contribution in [1.29, 1.82) is 0 Å². The number of thiophene rings is 1. The minimum atomic E-state index is -0.499. The average Bonchev–Trinajstić information content (AvgIpc) is 2.79. The molecule has 0 aliphatic carbocycles. The average molecular weight is 235 g/mol. The van der Waals surface area contributed by atoms with Crippen molar-refractivity contribution in [3.05, 3.63) is 40.7 Å². The number of nitrogens with zero attached hydrogens (tertiary/aromatic N) is 1. The van der Waals surface area contributed by atoms with Crippen molar-refractivity contribution in [3.63, 3.8) is 0 Å². The fraction of sp³-hybridized carbons (Fsp3) is 0.182. The molecule has 4 N–H and O–H groups in total. The van der Waals surface area contributed by atoms with Gasteiger partial charge in [0.15, 0.2) is 0 Å². The summed E-state index contributed by atoms with van der Waals surface area (Å²) in [5.74, 6) is 0.468. The first-order valence-corrected chi connectivity index (χ1v) is 5.85. The Kier molecular flexibility index (Phi) is 3.38. The molecule has 0 aromatic carbocycles. The summed E-state index contributed by atoms with van der Waals surface area (Å²) < 4.78 is 0. The highest BCUT2D eigenvalue weighted by Crippen LogP contribution is 2.17. The molecular weight excluding hydrogens is 222 g/mol. The molecule has 1 unspecified atom stereocenters. The maximum Gasteiger partial charge on any atom is 0.125 e. The van der Waals surface area contributed by atoms with Crippen LogP contribution in [0.4, 0.5) is 11.5 Å². The maximum atomic E-state index is 9.84. The Morgan fingerprint density at radius 3 is 3.06 bits per heavy atom. The second-order valence-corrected chi connectivity index (χ2v) is 4.20. The zero-order valence-electron chi connectivity index (χ0n) is 8.63. The van der Waals surface area contributed by atoms with Crippen LogP contribution < -0.4 is 11.1 Å². The molecule has 84 valence electrons. The molecule has 0 radical (unpaired) electrons. The third kappa shape index (κ3) is 2.71. The summed E-state index contributed by atoms with van der Waals surface area (Å²) in [6.45, 7) is 0.459. The summed E-state index contributed by atoms with van der Waals surface area (Å²) >= 11 is 1.57. The van der Waals surface area contributed by atoms with Gasteiger partial charge in [-0.25, -0.2) is 4.98 Å². The van der Waals surface area contributed by atoms with Crippen molar-refractivity contribution in [2.24, 2.45) is 0 Å². The van der Waals surface area contributed by atoms with Gasteiger partial charge in [-0.15, -0.1) is 0 Å². The van der Waals surface area contributed by atoms with E-state index in [9.17, 15) is 5.11 Å². The predicted molar refractivity (Wildman–Crippen MR) is 66.4 cm³/mol. The van der Waals surface area contributed by atoms with Gasteiger partial charge in [-0.3, -0.25) is 0 Å². The summed E-state index contributed by atoms with van der Waals surface area (Å²) in [7, 11) is 0. The molecule has 2 heterocycles. The van der Waals surface area contributed by atoms with E-state index in [2.05, 4.69) is 10.3 Å². The highest BCUT2D eigenvalue weighted by molar-refractivity contribution is 7.07. The van der Waals surface area contributed by atoms with Gasteiger partial charge >= 0.3 is 0 Å². The lowest BCUT2D eigenvalue weighted by Crippen LogP contribution is -2.11. The maximum absolute atomic E-state index is 9.84. The van der Waals surface area contributed by atoms with Gasteiger partial charge in [0.05, 0.1) is 6.10 Å². The van der Waals surface area contributed by atoms with Crippen LogP contribution in [0.2, 0.25) is 0 Å². The highest BCUT2D eigenvalue weighted by Gasteiger charge is 2.07. The number of nitrogen functional groups attached to an aromatic ring is 1. The second kappa shape index (κ2) is 4.96. The van der Waals surface area contributed by atoms with Gasteiger partial charge in [-0.2, -0.15) is 11.3 Å². The Labute approximate surface area is 97.8 Å². The smallest absolute Gasteiger partial charge is 0.125 e. The lowest BCUT2D eigenvalue weighted by atomic mass is 10.2. The molecule has 0 saturated heterocycles. The van der Waals surface area contributed by atoms with Crippen molar-refractivity contribution >= 4 is 22.8 Å². The molecule has 0 spiro atoms. The Morgan fingerprint density at radius 2 is 2.38 bits per heavy atom. The number of aliphatic hydroxyl groups excluding tert-OH is 1. The number of hydrogen-bond acceptors (Lipinski definition) is 5. The van der Waals surface area contributed by atoms with Crippen LogP contribution >= 0.6 is 11.3 Å². The van der Waals surface area contributed by atoms with Crippen LogP contribution in [0.15, 0.2) is 35.2 Å². The van der Waals surface area contributed by atoms with E-state index >= 15 is 0 Å². The number of nitrogens with two attached hydrogens (primary N) is 1. The van der Waals surface area contributed by atoms with Crippen molar-refractivity contribution in [2.45, 2.75) is 6.10 Å². The van der Waals surface area contributed by atoms with Crippen LogP contribution in [-0.2, 0) is 0 Å². The van der Waals surface area contributed by atoms with Gasteiger partial charge in [0.1, 0.15) is 5.82 Å². The van der Waals surface area contributed by atoms with Crippen LogP contribution in [0.5, 0.6) is 0 Å². The van der Waals surface area contributed by atoms with E-state index in [-0.39, 0.29) is 0 Å². The summed E-state index contributed by atoms with van der Waals surface area (Å²) in [4.78, 5) is 3.89. The van der Waals surface area contributed by atoms with E-state index in [1.165, 1.54) is 0 Å². The molecule has 2 aromatic rings. The number of nitrogens with one attached hydrogen (secondary N) is 1. The highest BCUT2D eigenvalue weighted by atomic mass is 32.1. The van der Waals surface area contributed by atoms with Gasteiger partial charge in [-0.1, -0.05) is 0 Å². The zero-order valence-corrected chi connectivity index (χ0v) is 9.45. The normalized spacial score (nSPS) is 12.3. The monoisotopic (exact) mass is 235 g/mol. The molecule has 0 aliphatic heterocycles. The number of anilines is 2. The third-order valence-corrected chi connectivity index (χ3v) is 2.91. The Hall–Kier alpha value is -1.59. The fourth-order valence-electron chi connectivity index (χ4n) is 1.36. The van der Waals surface area contributed by atoms with Crippen molar-refractivity contribution in [2.75, 3.05) is 17.6 Å². The molecule has 4 nitrogen and oxygen atoms in total. The van der Waals surface area contributed by atoms with Crippen LogP contribution in [0.1, 0.15) is 11.7 Å². The Bertz CT molecular complexity index is 444. The molecule has 5 heteroatoms.